The number of rotatable bonds is 7. The molecule has 0 aliphatic carbocycles. The lowest BCUT2D eigenvalue weighted by Gasteiger charge is -2.10. The molecule has 3 N–H and O–H groups in total. The Morgan fingerprint density at radius 2 is 1.96 bits per heavy atom. The number of hydrogen-bond acceptors (Lipinski definition) is 4. The first-order chi connectivity index (χ1) is 12.5. The molecule has 0 bridgehead atoms. The van der Waals surface area contributed by atoms with Crippen LogP contribution in [0.4, 0.5) is 15.8 Å². The first-order valence-corrected chi connectivity index (χ1v) is 8.56. The minimum absolute atomic E-state index is 0.0199. The van der Waals surface area contributed by atoms with Gasteiger partial charge in [0, 0.05) is 29.3 Å². The number of benzene rings is 2. The van der Waals surface area contributed by atoms with Crippen molar-refractivity contribution in [2.24, 2.45) is 4.99 Å². The first kappa shape index (κ1) is 17.9. The molecular weight excluding hydrogens is 331 g/mol. The van der Waals surface area contributed by atoms with Crippen molar-refractivity contribution in [2.45, 2.75) is 6.42 Å². The second kappa shape index (κ2) is 8.01. The van der Waals surface area contributed by atoms with Crippen LogP contribution >= 0.6 is 0 Å². The number of halogens is 1. The maximum atomic E-state index is 13.5. The Hall–Kier alpha value is -2.86. The number of H-pyrrole nitrogens is 1. The zero-order valence-corrected chi connectivity index (χ0v) is 15.0. The summed E-state index contributed by atoms with van der Waals surface area (Å²) >= 11 is 0. The van der Waals surface area contributed by atoms with Crippen LogP contribution in [0.1, 0.15) is 12.0 Å². The van der Waals surface area contributed by atoms with E-state index < -0.39 is 0 Å². The molecule has 6 heteroatoms. The number of nitrogens with zero attached hydrogens (tertiary/aromatic N) is 2. The van der Waals surface area contributed by atoms with Crippen LogP contribution in [0.3, 0.4) is 0 Å². The molecule has 26 heavy (non-hydrogen) atoms. The van der Waals surface area contributed by atoms with Crippen molar-refractivity contribution in [3.8, 4) is 5.88 Å². The predicted octanol–water partition coefficient (Wildman–Crippen LogP) is 4.13. The van der Waals surface area contributed by atoms with Crippen LogP contribution in [0, 0.1) is 5.82 Å². The number of aromatic hydroxyl groups is 1. The summed E-state index contributed by atoms with van der Waals surface area (Å²) in [6.07, 6.45) is 2.62. The van der Waals surface area contributed by atoms with Crippen molar-refractivity contribution in [3.05, 3.63) is 53.8 Å². The predicted molar refractivity (Wildman–Crippen MR) is 105 cm³/mol. The molecule has 0 amide bonds. The molecule has 5 nitrogen and oxygen atoms in total. The summed E-state index contributed by atoms with van der Waals surface area (Å²) in [5.74, 6) is -0.371. The van der Waals surface area contributed by atoms with Crippen molar-refractivity contribution in [1.82, 2.24) is 9.88 Å². The summed E-state index contributed by atoms with van der Waals surface area (Å²) in [4.78, 5) is 9.37. The molecule has 0 spiro atoms. The Labute approximate surface area is 152 Å². The van der Waals surface area contributed by atoms with Gasteiger partial charge in [0.25, 0.3) is 0 Å². The van der Waals surface area contributed by atoms with Crippen molar-refractivity contribution in [2.75, 3.05) is 32.5 Å². The molecule has 0 aliphatic rings. The standard InChI is InChI=1S/C20H23FN4O/c1-25(2)11-3-10-22-15-5-7-16(8-6-15)23-13-18-17-12-14(21)4-9-19(17)24-20(18)26/h4-9,12-13,22,24,26H,3,10-11H2,1-2H3. The van der Waals surface area contributed by atoms with Crippen molar-refractivity contribution in [1.29, 1.82) is 0 Å². The van der Waals surface area contributed by atoms with Crippen LogP contribution in [0.2, 0.25) is 0 Å². The average molecular weight is 354 g/mol. The third-order valence-electron chi connectivity index (χ3n) is 4.10. The van der Waals surface area contributed by atoms with Crippen molar-refractivity contribution >= 4 is 28.5 Å². The van der Waals surface area contributed by atoms with Gasteiger partial charge in [0.05, 0.1) is 11.3 Å². The zero-order valence-electron chi connectivity index (χ0n) is 15.0. The molecule has 0 aliphatic heterocycles. The van der Waals surface area contributed by atoms with Gasteiger partial charge < -0.3 is 20.3 Å². The van der Waals surface area contributed by atoms with Gasteiger partial charge in [0.1, 0.15) is 5.82 Å². The number of hydrogen-bond donors (Lipinski definition) is 3. The van der Waals surface area contributed by atoms with E-state index >= 15 is 0 Å². The second-order valence-electron chi connectivity index (χ2n) is 6.47. The van der Waals surface area contributed by atoms with Gasteiger partial charge in [-0.15, -0.1) is 0 Å². The van der Waals surface area contributed by atoms with Crippen LogP contribution in [-0.4, -0.2) is 48.4 Å². The van der Waals surface area contributed by atoms with E-state index in [-0.39, 0.29) is 11.7 Å². The average Bonchev–Trinajstić information content (AvgIpc) is 2.92. The van der Waals surface area contributed by atoms with E-state index in [0.29, 0.717) is 16.5 Å². The number of nitrogens with one attached hydrogen (secondary N) is 2. The van der Waals surface area contributed by atoms with E-state index in [0.717, 1.165) is 30.9 Å². The van der Waals surface area contributed by atoms with Crippen molar-refractivity contribution < 1.29 is 9.50 Å². The van der Waals surface area contributed by atoms with Gasteiger partial charge in [-0.3, -0.25) is 4.99 Å². The van der Waals surface area contributed by atoms with Gasteiger partial charge in [-0.05, 0) is 69.5 Å². The molecule has 136 valence electrons. The number of anilines is 1. The molecule has 0 saturated carbocycles. The Morgan fingerprint density at radius 1 is 1.19 bits per heavy atom. The molecule has 3 aromatic rings. The fourth-order valence-corrected chi connectivity index (χ4v) is 2.73. The summed E-state index contributed by atoms with van der Waals surface area (Å²) < 4.78 is 13.5. The lowest BCUT2D eigenvalue weighted by Crippen LogP contribution is -2.16. The summed E-state index contributed by atoms with van der Waals surface area (Å²) in [6.45, 7) is 1.96. The molecular formula is C20H23FN4O. The smallest absolute Gasteiger partial charge is 0.198 e. The lowest BCUT2D eigenvalue weighted by molar-refractivity contribution is 0.405. The van der Waals surface area contributed by atoms with Gasteiger partial charge in [0.15, 0.2) is 5.88 Å². The molecule has 2 aromatic carbocycles. The monoisotopic (exact) mass is 354 g/mol. The topological polar surface area (TPSA) is 63.6 Å². The number of aliphatic imine (C=N–C) groups is 1. The fourth-order valence-electron chi connectivity index (χ4n) is 2.73. The Balaban J connectivity index is 1.67. The molecule has 0 radical (unpaired) electrons. The Kier molecular flexibility index (Phi) is 5.53. The van der Waals surface area contributed by atoms with Gasteiger partial charge in [0.2, 0.25) is 0 Å². The summed E-state index contributed by atoms with van der Waals surface area (Å²) in [5.41, 5.74) is 2.95. The minimum atomic E-state index is -0.351. The largest absolute Gasteiger partial charge is 0.494 e. The van der Waals surface area contributed by atoms with Crippen molar-refractivity contribution in [3.63, 3.8) is 0 Å². The van der Waals surface area contributed by atoms with E-state index in [4.69, 9.17) is 0 Å². The normalized spacial score (nSPS) is 11.7. The zero-order chi connectivity index (χ0) is 18.5. The number of fused-ring (bicyclic) bond motifs is 1. The van der Waals surface area contributed by atoms with Gasteiger partial charge in [-0.2, -0.15) is 0 Å². The molecule has 0 fully saturated rings. The highest BCUT2D eigenvalue weighted by Crippen LogP contribution is 2.27. The van der Waals surface area contributed by atoms with Crippen LogP contribution < -0.4 is 5.32 Å². The summed E-state index contributed by atoms with van der Waals surface area (Å²) in [5, 5.41) is 14.0. The van der Waals surface area contributed by atoms with Crippen LogP contribution in [0.5, 0.6) is 5.88 Å². The quantitative estimate of drug-likeness (QED) is 0.442. The fraction of sp³-hybridized carbons (Fsp3) is 0.250. The van der Waals surface area contributed by atoms with E-state index in [1.165, 1.54) is 12.1 Å². The second-order valence-corrected chi connectivity index (χ2v) is 6.47. The third-order valence-corrected chi connectivity index (χ3v) is 4.10. The molecule has 0 unspecified atom stereocenters. The lowest BCUT2D eigenvalue weighted by atomic mass is 10.2. The molecule has 1 heterocycles. The SMILES string of the molecule is CN(C)CCCNc1ccc(N=Cc2c(O)[nH]c3ccc(F)cc23)cc1. The third kappa shape index (κ3) is 4.40. The van der Waals surface area contributed by atoms with Crippen LogP contribution in [-0.2, 0) is 0 Å². The van der Waals surface area contributed by atoms with Crippen LogP contribution in [0.15, 0.2) is 47.5 Å². The Morgan fingerprint density at radius 3 is 2.69 bits per heavy atom. The highest BCUT2D eigenvalue weighted by molar-refractivity contribution is 6.02. The molecule has 0 atom stereocenters. The highest BCUT2D eigenvalue weighted by Gasteiger charge is 2.09. The minimum Gasteiger partial charge on any atom is -0.494 e. The van der Waals surface area contributed by atoms with Gasteiger partial charge in [-0.25, -0.2) is 4.39 Å². The maximum absolute atomic E-state index is 13.5. The van der Waals surface area contributed by atoms with Gasteiger partial charge in [-0.1, -0.05) is 0 Å². The van der Waals surface area contributed by atoms with Gasteiger partial charge >= 0.3 is 0 Å². The number of aromatic amines is 1. The highest BCUT2D eigenvalue weighted by atomic mass is 19.1. The van der Waals surface area contributed by atoms with Crippen LogP contribution in [0.25, 0.3) is 10.9 Å². The maximum Gasteiger partial charge on any atom is 0.198 e. The van der Waals surface area contributed by atoms with E-state index in [9.17, 15) is 9.50 Å². The Bertz CT molecular complexity index is 900. The molecule has 1 aromatic heterocycles. The van der Waals surface area contributed by atoms with E-state index in [1.807, 2.05) is 24.3 Å². The first-order valence-electron chi connectivity index (χ1n) is 8.56. The number of aromatic nitrogens is 1. The molecule has 0 saturated heterocycles. The van der Waals surface area contributed by atoms with E-state index in [1.54, 1.807) is 12.3 Å². The summed E-state index contributed by atoms with van der Waals surface area (Å²) in [7, 11) is 4.12. The molecule has 3 rings (SSSR count). The summed E-state index contributed by atoms with van der Waals surface area (Å²) in [6, 6.07) is 12.1. The van der Waals surface area contributed by atoms with E-state index in [2.05, 4.69) is 34.3 Å².